The van der Waals surface area contributed by atoms with Crippen molar-refractivity contribution in [1.82, 2.24) is 4.90 Å². The van der Waals surface area contributed by atoms with E-state index in [4.69, 9.17) is 0 Å². The van der Waals surface area contributed by atoms with Crippen molar-refractivity contribution in [3.63, 3.8) is 0 Å². The summed E-state index contributed by atoms with van der Waals surface area (Å²) in [6.07, 6.45) is 9.62. The van der Waals surface area contributed by atoms with E-state index in [9.17, 15) is 0 Å². The second kappa shape index (κ2) is 6.61. The average Bonchev–Trinajstić information content (AvgIpc) is 2.03. The molecule has 0 spiro atoms. The third-order valence-electron chi connectivity index (χ3n) is 1.67. The molecule has 2 heteroatoms. The Morgan fingerprint density at radius 1 is 1.45 bits per heavy atom. The fourth-order valence-corrected chi connectivity index (χ4v) is 1.08. The molecule has 0 saturated heterocycles. The largest absolute Gasteiger partial charge is 1.00 e. The number of hydrogen-bond acceptors (Lipinski definition) is 1. The first-order valence-corrected chi connectivity index (χ1v) is 3.75. The summed E-state index contributed by atoms with van der Waals surface area (Å²) in [5, 5.41) is 0. The predicted octanol–water partition coefficient (Wildman–Crippen LogP) is -1.36. The Morgan fingerprint density at radius 3 is 2.82 bits per heavy atom. The molecular weight excluding hydrogens is 129 g/mol. The van der Waals surface area contributed by atoms with Crippen molar-refractivity contribution in [2.45, 2.75) is 6.42 Å². The van der Waals surface area contributed by atoms with E-state index in [1.165, 1.54) is 13.0 Å². The molecule has 1 aliphatic rings. The van der Waals surface area contributed by atoms with E-state index in [0.29, 0.717) is 0 Å². The molecule has 0 N–H and O–H groups in total. The van der Waals surface area contributed by atoms with E-state index in [1.807, 2.05) is 6.08 Å². The molecule has 1 aliphatic heterocycles. The summed E-state index contributed by atoms with van der Waals surface area (Å²) in [6, 6.07) is 0. The maximum atomic E-state index is 3.64. The van der Waals surface area contributed by atoms with Crippen molar-refractivity contribution in [2.24, 2.45) is 0 Å². The Balaban J connectivity index is 0.000001000. The van der Waals surface area contributed by atoms with Gasteiger partial charge in [0.15, 0.2) is 0 Å². The Morgan fingerprint density at radius 2 is 2.27 bits per heavy atom. The van der Waals surface area contributed by atoms with Crippen molar-refractivity contribution in [1.29, 1.82) is 0 Å². The van der Waals surface area contributed by atoms with Crippen LogP contribution in [0.1, 0.15) is 6.42 Å². The third-order valence-corrected chi connectivity index (χ3v) is 1.67. The fourth-order valence-electron chi connectivity index (χ4n) is 1.08. The van der Waals surface area contributed by atoms with E-state index < -0.39 is 0 Å². The Bertz CT molecular complexity index is 140. The zero-order chi connectivity index (χ0) is 7.23. The zero-order valence-corrected chi connectivity index (χ0v) is 7.29. The molecule has 0 saturated carbocycles. The molecule has 0 aliphatic carbocycles. The van der Waals surface area contributed by atoms with Crippen molar-refractivity contribution >= 4 is 0 Å². The molecule has 56 valence electrons. The summed E-state index contributed by atoms with van der Waals surface area (Å²) in [5.74, 6) is 0. The third kappa shape index (κ3) is 4.37. The topological polar surface area (TPSA) is 3.24 Å². The van der Waals surface area contributed by atoms with E-state index >= 15 is 0 Å². The van der Waals surface area contributed by atoms with Gasteiger partial charge in [0.2, 0.25) is 0 Å². The number of hydrogen-bond donors (Lipinski definition) is 0. The van der Waals surface area contributed by atoms with Gasteiger partial charge in [-0.2, -0.15) is 0 Å². The summed E-state index contributed by atoms with van der Waals surface area (Å²) in [6.45, 7) is 6.99. The standard InChI is InChI=1S/C9H14N.Li/c1-2-3-7-10-8-5-4-6-9-10;/h2-5H,1,6-9H2;/q-1;+1. The Labute approximate surface area is 81.3 Å². The quantitative estimate of drug-likeness (QED) is 0.262. The molecule has 11 heavy (non-hydrogen) atoms. The van der Waals surface area contributed by atoms with Crippen LogP contribution in [0.4, 0.5) is 0 Å². The Kier molecular flexibility index (Phi) is 6.55. The second-order valence-corrected chi connectivity index (χ2v) is 2.49. The zero-order valence-electron chi connectivity index (χ0n) is 7.29. The molecule has 0 aromatic carbocycles. The van der Waals surface area contributed by atoms with Crippen LogP contribution in [-0.4, -0.2) is 24.5 Å². The van der Waals surface area contributed by atoms with E-state index in [0.717, 1.165) is 13.1 Å². The fraction of sp³-hybridized carbons (Fsp3) is 0.444. The molecule has 0 aromatic rings. The van der Waals surface area contributed by atoms with Crippen LogP contribution < -0.4 is 18.9 Å². The van der Waals surface area contributed by atoms with Gasteiger partial charge in [-0.25, -0.2) is 19.1 Å². The van der Waals surface area contributed by atoms with Gasteiger partial charge in [-0.05, 0) is 13.0 Å². The monoisotopic (exact) mass is 143 g/mol. The maximum Gasteiger partial charge on any atom is 1.00 e. The minimum absolute atomic E-state index is 0. The van der Waals surface area contributed by atoms with Crippen molar-refractivity contribution < 1.29 is 18.9 Å². The maximum absolute atomic E-state index is 3.64. The molecule has 0 radical (unpaired) electrons. The average molecular weight is 143 g/mol. The van der Waals surface area contributed by atoms with E-state index in [-0.39, 0.29) is 18.9 Å². The van der Waals surface area contributed by atoms with Gasteiger partial charge in [0, 0.05) is 13.1 Å². The van der Waals surface area contributed by atoms with Crippen LogP contribution in [-0.2, 0) is 0 Å². The van der Waals surface area contributed by atoms with Crippen LogP contribution in [0.3, 0.4) is 0 Å². The van der Waals surface area contributed by atoms with Gasteiger partial charge in [0.05, 0.1) is 0 Å². The summed E-state index contributed by atoms with van der Waals surface area (Å²) in [7, 11) is 0. The molecule has 0 atom stereocenters. The van der Waals surface area contributed by atoms with E-state index in [1.54, 1.807) is 0 Å². The minimum Gasteiger partial charge on any atom is -0.312 e. The first-order valence-electron chi connectivity index (χ1n) is 3.75. The van der Waals surface area contributed by atoms with Crippen molar-refractivity contribution in [3.05, 3.63) is 31.2 Å². The molecule has 0 bridgehead atoms. The molecule has 0 amide bonds. The molecular formula is C9H14LiN. The summed E-state index contributed by atoms with van der Waals surface area (Å²) >= 11 is 0. The Hall–Kier alpha value is -0.0926. The van der Waals surface area contributed by atoms with Gasteiger partial charge in [0.25, 0.3) is 0 Å². The summed E-state index contributed by atoms with van der Waals surface area (Å²) in [5.41, 5.74) is 0. The first kappa shape index (κ1) is 10.9. The van der Waals surface area contributed by atoms with Crippen molar-refractivity contribution in [3.8, 4) is 0 Å². The molecule has 0 aromatic heterocycles. The first-order chi connectivity index (χ1) is 4.93. The van der Waals surface area contributed by atoms with Gasteiger partial charge in [0.1, 0.15) is 0 Å². The van der Waals surface area contributed by atoms with Crippen LogP contribution >= 0.6 is 0 Å². The molecule has 0 unspecified atom stereocenters. The van der Waals surface area contributed by atoms with Gasteiger partial charge in [-0.3, -0.25) is 0 Å². The number of allylic oxidation sites excluding steroid dienone is 1. The van der Waals surface area contributed by atoms with Gasteiger partial charge >= 0.3 is 18.9 Å². The molecule has 1 nitrogen and oxygen atoms in total. The van der Waals surface area contributed by atoms with Crippen LogP contribution in [0.2, 0.25) is 0 Å². The number of rotatable bonds is 2. The van der Waals surface area contributed by atoms with Gasteiger partial charge < -0.3 is 4.90 Å². The van der Waals surface area contributed by atoms with Crippen LogP contribution in [0.15, 0.2) is 24.3 Å². The summed E-state index contributed by atoms with van der Waals surface area (Å²) in [4.78, 5) is 2.39. The van der Waals surface area contributed by atoms with Gasteiger partial charge in [-0.1, -0.05) is 12.2 Å². The molecule has 0 fully saturated rings. The minimum atomic E-state index is 0. The smallest absolute Gasteiger partial charge is 0.312 e. The summed E-state index contributed by atoms with van der Waals surface area (Å²) < 4.78 is 0. The predicted molar refractivity (Wildman–Crippen MR) is 44.7 cm³/mol. The number of nitrogens with zero attached hydrogens (tertiary/aromatic N) is 1. The SMILES string of the molecule is [CH2-]C=CCN1CC=CCC1.[Li+]. The molecule has 1 rings (SSSR count). The molecule has 1 heterocycles. The van der Waals surface area contributed by atoms with Crippen molar-refractivity contribution in [2.75, 3.05) is 19.6 Å². The van der Waals surface area contributed by atoms with E-state index in [2.05, 4.69) is 30.1 Å². The van der Waals surface area contributed by atoms with Crippen LogP contribution in [0.25, 0.3) is 0 Å². The van der Waals surface area contributed by atoms with Crippen LogP contribution in [0, 0.1) is 6.92 Å². The second-order valence-electron chi connectivity index (χ2n) is 2.49. The van der Waals surface area contributed by atoms with Gasteiger partial charge in [-0.15, -0.1) is 0 Å². The normalized spacial score (nSPS) is 18.5. The van der Waals surface area contributed by atoms with Crippen LogP contribution in [0.5, 0.6) is 0 Å².